The lowest BCUT2D eigenvalue weighted by atomic mass is 10.4. The Morgan fingerprint density at radius 2 is 2.40 bits per heavy atom. The molecule has 6 nitrogen and oxygen atoms in total. The number of aryl methyl sites for hydroxylation is 1. The molecule has 0 radical (unpaired) electrons. The fourth-order valence-corrected chi connectivity index (χ4v) is 1.07. The molecule has 0 aliphatic rings. The number of nitrogens with zero attached hydrogens (tertiary/aromatic N) is 2. The fraction of sp³-hybridized carbons (Fsp3) is 0.125. The van der Waals surface area contributed by atoms with E-state index in [0.717, 1.165) is 12.3 Å². The highest BCUT2D eigenvalue weighted by atomic mass is 19.1. The highest BCUT2D eigenvalue weighted by Crippen LogP contribution is 2.04. The van der Waals surface area contributed by atoms with Gasteiger partial charge in [0.25, 0.3) is 5.91 Å². The van der Waals surface area contributed by atoms with E-state index < -0.39 is 11.7 Å². The van der Waals surface area contributed by atoms with Crippen molar-refractivity contribution in [3.05, 3.63) is 29.6 Å². The third-order valence-corrected chi connectivity index (χ3v) is 1.71. The summed E-state index contributed by atoms with van der Waals surface area (Å²) < 4.78 is 12.6. The van der Waals surface area contributed by atoms with Crippen molar-refractivity contribution in [1.29, 1.82) is 0 Å². The number of carbonyl (C=O) groups is 1. The molecular weight excluding hydrogens is 201 g/mol. The summed E-state index contributed by atoms with van der Waals surface area (Å²) in [4.78, 5) is 17.8. The monoisotopic (exact) mass is 209 g/mol. The average molecular weight is 209 g/mol. The van der Waals surface area contributed by atoms with Crippen molar-refractivity contribution in [2.75, 3.05) is 5.32 Å². The summed E-state index contributed by atoms with van der Waals surface area (Å²) in [7, 11) is 0. The molecule has 3 N–H and O–H groups in total. The van der Waals surface area contributed by atoms with Gasteiger partial charge in [0.1, 0.15) is 17.3 Å². The summed E-state index contributed by atoms with van der Waals surface area (Å²) in [6.07, 6.45) is 1.10. The number of hydrogen-bond donors (Lipinski definition) is 3. The molecule has 0 atom stereocenters. The van der Waals surface area contributed by atoms with E-state index in [-0.39, 0.29) is 11.6 Å². The van der Waals surface area contributed by atoms with Crippen LogP contribution in [0.5, 0.6) is 0 Å². The number of halogens is 1. The lowest BCUT2D eigenvalue weighted by Crippen LogP contribution is -2.13. The highest BCUT2D eigenvalue weighted by molar-refractivity contribution is 6.01. The number of aromatic amines is 2. The number of aromatic nitrogens is 4. The van der Waals surface area contributed by atoms with Gasteiger partial charge in [0.2, 0.25) is 5.95 Å². The van der Waals surface area contributed by atoms with Gasteiger partial charge in [-0.05, 0) is 6.92 Å². The molecular formula is C8H8FN5O. The standard InChI is InChI=1S/C8H8FN5O/c1-4-11-8(14-13-4)12-7(15)6-2-5(9)3-10-6/h2-3,10H,1H3,(H2,11,12,13,14,15). The summed E-state index contributed by atoms with van der Waals surface area (Å²) >= 11 is 0. The molecule has 15 heavy (non-hydrogen) atoms. The van der Waals surface area contributed by atoms with Crippen LogP contribution in [0.15, 0.2) is 12.3 Å². The Kier molecular flexibility index (Phi) is 2.20. The molecule has 78 valence electrons. The summed E-state index contributed by atoms with van der Waals surface area (Å²) in [5.74, 6) is -0.236. The second-order valence-electron chi connectivity index (χ2n) is 2.93. The first-order chi connectivity index (χ1) is 7.15. The molecule has 0 saturated heterocycles. The van der Waals surface area contributed by atoms with Crippen molar-refractivity contribution >= 4 is 11.9 Å². The van der Waals surface area contributed by atoms with Crippen LogP contribution in [0, 0.1) is 12.7 Å². The van der Waals surface area contributed by atoms with E-state index >= 15 is 0 Å². The number of amides is 1. The molecule has 0 aliphatic heterocycles. The van der Waals surface area contributed by atoms with Crippen LogP contribution in [0.25, 0.3) is 0 Å². The Balaban J connectivity index is 2.10. The maximum Gasteiger partial charge on any atom is 0.274 e. The van der Waals surface area contributed by atoms with Crippen LogP contribution in [-0.4, -0.2) is 26.1 Å². The number of nitrogens with one attached hydrogen (secondary N) is 3. The highest BCUT2D eigenvalue weighted by Gasteiger charge is 2.10. The minimum atomic E-state index is -0.494. The largest absolute Gasteiger partial charge is 0.355 e. The Hall–Kier alpha value is -2.18. The van der Waals surface area contributed by atoms with Crippen molar-refractivity contribution in [3.8, 4) is 0 Å². The molecule has 2 aromatic heterocycles. The molecule has 2 rings (SSSR count). The van der Waals surface area contributed by atoms with Gasteiger partial charge >= 0.3 is 0 Å². The van der Waals surface area contributed by atoms with Crippen molar-refractivity contribution in [1.82, 2.24) is 20.2 Å². The van der Waals surface area contributed by atoms with Crippen LogP contribution in [0.2, 0.25) is 0 Å². The number of H-pyrrole nitrogens is 2. The zero-order valence-corrected chi connectivity index (χ0v) is 7.84. The molecule has 0 saturated carbocycles. The van der Waals surface area contributed by atoms with E-state index in [2.05, 4.69) is 25.5 Å². The number of rotatable bonds is 2. The third-order valence-electron chi connectivity index (χ3n) is 1.71. The van der Waals surface area contributed by atoms with Crippen molar-refractivity contribution in [3.63, 3.8) is 0 Å². The van der Waals surface area contributed by atoms with Crippen LogP contribution in [-0.2, 0) is 0 Å². The van der Waals surface area contributed by atoms with Gasteiger partial charge in [-0.1, -0.05) is 0 Å². The van der Waals surface area contributed by atoms with E-state index in [1.807, 2.05) is 0 Å². The van der Waals surface area contributed by atoms with Crippen molar-refractivity contribution < 1.29 is 9.18 Å². The molecule has 0 aromatic carbocycles. The normalized spacial score (nSPS) is 10.3. The van der Waals surface area contributed by atoms with Gasteiger partial charge in [-0.3, -0.25) is 15.2 Å². The first-order valence-corrected chi connectivity index (χ1v) is 4.19. The zero-order valence-electron chi connectivity index (χ0n) is 7.84. The van der Waals surface area contributed by atoms with Crippen LogP contribution in [0.4, 0.5) is 10.3 Å². The van der Waals surface area contributed by atoms with Crippen molar-refractivity contribution in [2.24, 2.45) is 0 Å². The van der Waals surface area contributed by atoms with Crippen LogP contribution >= 0.6 is 0 Å². The first kappa shape index (κ1) is 9.38. The van der Waals surface area contributed by atoms with Crippen LogP contribution < -0.4 is 5.32 Å². The fourth-order valence-electron chi connectivity index (χ4n) is 1.07. The van der Waals surface area contributed by atoms with E-state index in [4.69, 9.17) is 0 Å². The molecule has 0 spiro atoms. The topological polar surface area (TPSA) is 86.5 Å². The van der Waals surface area contributed by atoms with E-state index in [1.54, 1.807) is 6.92 Å². The number of carbonyl (C=O) groups excluding carboxylic acids is 1. The Morgan fingerprint density at radius 1 is 1.60 bits per heavy atom. The summed E-state index contributed by atoms with van der Waals surface area (Å²) in [5, 5.41) is 8.68. The van der Waals surface area contributed by atoms with E-state index in [9.17, 15) is 9.18 Å². The summed E-state index contributed by atoms with van der Waals surface area (Å²) in [6.45, 7) is 1.71. The van der Waals surface area contributed by atoms with E-state index in [0.29, 0.717) is 5.82 Å². The average Bonchev–Trinajstić information content (AvgIpc) is 2.75. The second-order valence-corrected chi connectivity index (χ2v) is 2.93. The van der Waals surface area contributed by atoms with E-state index in [1.165, 1.54) is 0 Å². The predicted molar refractivity (Wildman–Crippen MR) is 49.8 cm³/mol. The number of anilines is 1. The van der Waals surface area contributed by atoms with Crippen molar-refractivity contribution in [2.45, 2.75) is 6.92 Å². The summed E-state index contributed by atoms with van der Waals surface area (Å²) in [5.41, 5.74) is 0.120. The Morgan fingerprint density at radius 3 is 2.93 bits per heavy atom. The SMILES string of the molecule is Cc1nc(NC(=O)c2cc(F)c[nH]2)n[nH]1. The van der Waals surface area contributed by atoms with Gasteiger partial charge in [-0.15, -0.1) is 5.10 Å². The lowest BCUT2D eigenvalue weighted by Gasteiger charge is -1.96. The van der Waals surface area contributed by atoms with Gasteiger partial charge in [-0.2, -0.15) is 4.98 Å². The first-order valence-electron chi connectivity index (χ1n) is 4.19. The minimum Gasteiger partial charge on any atom is -0.355 e. The maximum atomic E-state index is 12.6. The smallest absolute Gasteiger partial charge is 0.274 e. The number of hydrogen-bond acceptors (Lipinski definition) is 3. The third kappa shape index (κ3) is 2.01. The van der Waals surface area contributed by atoms with Crippen LogP contribution in [0.3, 0.4) is 0 Å². The Labute approximate surface area is 83.9 Å². The quantitative estimate of drug-likeness (QED) is 0.684. The molecule has 7 heteroatoms. The van der Waals surface area contributed by atoms with Gasteiger partial charge in [0.05, 0.1) is 0 Å². The Bertz CT molecular complexity index is 489. The zero-order chi connectivity index (χ0) is 10.8. The second kappa shape index (κ2) is 3.52. The van der Waals surface area contributed by atoms with Gasteiger partial charge < -0.3 is 4.98 Å². The molecule has 0 bridgehead atoms. The maximum absolute atomic E-state index is 12.6. The lowest BCUT2D eigenvalue weighted by molar-refractivity contribution is 0.102. The summed E-state index contributed by atoms with van der Waals surface area (Å²) in [6, 6.07) is 1.09. The molecule has 0 aliphatic carbocycles. The molecule has 1 amide bonds. The molecule has 0 fully saturated rings. The van der Waals surface area contributed by atoms with Crippen LogP contribution in [0.1, 0.15) is 16.3 Å². The molecule has 2 heterocycles. The van der Waals surface area contributed by atoms with Gasteiger partial charge in [0, 0.05) is 12.3 Å². The molecule has 2 aromatic rings. The van der Waals surface area contributed by atoms with Gasteiger partial charge in [-0.25, -0.2) is 4.39 Å². The predicted octanol–water partition coefficient (Wildman–Crippen LogP) is 0.833. The molecule has 0 unspecified atom stereocenters. The van der Waals surface area contributed by atoms with Gasteiger partial charge in [0.15, 0.2) is 0 Å². The minimum absolute atomic E-state index is 0.120.